The van der Waals surface area contributed by atoms with E-state index in [1.165, 1.54) is 17.8 Å². The van der Waals surface area contributed by atoms with Crippen molar-refractivity contribution >= 4 is 11.8 Å². The summed E-state index contributed by atoms with van der Waals surface area (Å²) in [5, 5.41) is 9.18. The molecule has 0 spiro atoms. The van der Waals surface area contributed by atoms with Gasteiger partial charge in [-0.05, 0) is 31.4 Å². The third-order valence-electron chi connectivity index (χ3n) is 1.65. The van der Waals surface area contributed by atoms with Gasteiger partial charge in [-0.15, -0.1) is 11.8 Å². The first-order valence-electron chi connectivity index (χ1n) is 3.66. The van der Waals surface area contributed by atoms with Gasteiger partial charge in [0.2, 0.25) is 0 Å². The van der Waals surface area contributed by atoms with Crippen LogP contribution < -0.4 is 0 Å². The second kappa shape index (κ2) is 3.92. The first-order chi connectivity index (χ1) is 5.65. The normalized spacial score (nSPS) is 13.0. The summed E-state index contributed by atoms with van der Waals surface area (Å²) >= 11 is 1.53. The van der Waals surface area contributed by atoms with Gasteiger partial charge in [-0.2, -0.15) is 0 Å². The number of hydrogen-bond donors (Lipinski definition) is 1. The largest absolute Gasteiger partial charge is 0.389 e. The molecule has 0 amide bonds. The zero-order chi connectivity index (χ0) is 9.14. The molecular weight excluding hydrogens is 175 g/mol. The summed E-state index contributed by atoms with van der Waals surface area (Å²) < 4.78 is 13.0. The zero-order valence-corrected chi connectivity index (χ0v) is 7.86. The lowest BCUT2D eigenvalue weighted by Gasteiger charge is -2.07. The van der Waals surface area contributed by atoms with Gasteiger partial charge >= 0.3 is 0 Å². The fraction of sp³-hybridized carbons (Fsp3) is 0.333. The van der Waals surface area contributed by atoms with E-state index in [1.54, 1.807) is 19.1 Å². The average Bonchev–Trinajstić information content (AvgIpc) is 2.05. The minimum absolute atomic E-state index is 0.345. The van der Waals surface area contributed by atoms with Crippen molar-refractivity contribution in [1.82, 2.24) is 0 Å². The molecule has 1 unspecified atom stereocenters. The Morgan fingerprint density at radius 3 is 2.67 bits per heavy atom. The Bertz CT molecular complexity index is 273. The molecule has 0 saturated carbocycles. The molecule has 0 heterocycles. The number of aliphatic hydroxyl groups is 1. The summed E-state index contributed by atoms with van der Waals surface area (Å²) in [5.41, 5.74) is 0.363. The van der Waals surface area contributed by atoms with Gasteiger partial charge in [0.15, 0.2) is 0 Å². The van der Waals surface area contributed by atoms with Gasteiger partial charge in [0.25, 0.3) is 0 Å². The highest BCUT2D eigenvalue weighted by Gasteiger charge is 2.07. The first-order valence-corrected chi connectivity index (χ1v) is 4.89. The number of hydrogen-bond acceptors (Lipinski definition) is 2. The monoisotopic (exact) mass is 186 g/mol. The van der Waals surface area contributed by atoms with E-state index in [0.29, 0.717) is 5.56 Å². The van der Waals surface area contributed by atoms with Crippen LogP contribution in [0.5, 0.6) is 0 Å². The van der Waals surface area contributed by atoms with E-state index in [2.05, 4.69) is 0 Å². The van der Waals surface area contributed by atoms with Gasteiger partial charge in [-0.3, -0.25) is 0 Å². The lowest BCUT2D eigenvalue weighted by atomic mass is 10.1. The van der Waals surface area contributed by atoms with E-state index < -0.39 is 6.10 Å². The van der Waals surface area contributed by atoms with Crippen LogP contribution in [-0.4, -0.2) is 11.4 Å². The van der Waals surface area contributed by atoms with Crippen molar-refractivity contribution in [3.63, 3.8) is 0 Å². The molecule has 0 bridgehead atoms. The highest BCUT2D eigenvalue weighted by atomic mass is 32.2. The summed E-state index contributed by atoms with van der Waals surface area (Å²) in [6, 6.07) is 4.75. The predicted octanol–water partition coefficient (Wildman–Crippen LogP) is 2.60. The number of halogens is 1. The molecule has 0 aliphatic carbocycles. The molecule has 0 fully saturated rings. The number of benzene rings is 1. The average molecular weight is 186 g/mol. The maximum absolute atomic E-state index is 13.0. The molecule has 1 N–H and O–H groups in total. The predicted molar refractivity (Wildman–Crippen MR) is 48.8 cm³/mol. The van der Waals surface area contributed by atoms with Crippen LogP contribution in [0.4, 0.5) is 4.39 Å². The summed E-state index contributed by atoms with van der Waals surface area (Å²) in [7, 11) is 0. The zero-order valence-electron chi connectivity index (χ0n) is 7.04. The van der Waals surface area contributed by atoms with E-state index in [0.717, 1.165) is 4.90 Å². The van der Waals surface area contributed by atoms with Crippen LogP contribution in [0.25, 0.3) is 0 Å². The Morgan fingerprint density at radius 1 is 1.50 bits per heavy atom. The molecule has 3 heteroatoms. The van der Waals surface area contributed by atoms with Gasteiger partial charge < -0.3 is 5.11 Å². The minimum Gasteiger partial charge on any atom is -0.389 e. The van der Waals surface area contributed by atoms with Crippen LogP contribution in [-0.2, 0) is 0 Å². The Kier molecular flexibility index (Phi) is 3.12. The van der Waals surface area contributed by atoms with Crippen LogP contribution in [0.1, 0.15) is 18.6 Å². The number of aliphatic hydroxyl groups excluding tert-OH is 1. The molecule has 1 nitrogen and oxygen atoms in total. The van der Waals surface area contributed by atoms with Gasteiger partial charge in [-0.1, -0.05) is 0 Å². The van der Waals surface area contributed by atoms with Crippen molar-refractivity contribution in [1.29, 1.82) is 0 Å². The quantitative estimate of drug-likeness (QED) is 0.716. The maximum atomic E-state index is 13.0. The summed E-state index contributed by atoms with van der Waals surface area (Å²) in [4.78, 5) is 0.965. The lowest BCUT2D eigenvalue weighted by molar-refractivity contribution is 0.194. The van der Waals surface area contributed by atoms with Gasteiger partial charge in [0.05, 0.1) is 6.10 Å². The van der Waals surface area contributed by atoms with Crippen LogP contribution >= 0.6 is 11.8 Å². The standard InChI is InChI=1S/C9H11FOS/c1-6(11)8-5-7(12-2)3-4-9(8)10/h3-6,11H,1-2H3. The maximum Gasteiger partial charge on any atom is 0.129 e. The molecule has 12 heavy (non-hydrogen) atoms. The second-order valence-electron chi connectivity index (χ2n) is 2.56. The lowest BCUT2D eigenvalue weighted by Crippen LogP contribution is -1.95. The van der Waals surface area contributed by atoms with Crippen LogP contribution in [0, 0.1) is 5.82 Å². The molecule has 1 rings (SSSR count). The second-order valence-corrected chi connectivity index (χ2v) is 3.44. The Morgan fingerprint density at radius 2 is 2.17 bits per heavy atom. The van der Waals surface area contributed by atoms with Gasteiger partial charge in [0.1, 0.15) is 5.82 Å². The molecule has 0 aliphatic rings. The van der Waals surface area contributed by atoms with E-state index >= 15 is 0 Å². The molecule has 1 atom stereocenters. The molecular formula is C9H11FOS. The smallest absolute Gasteiger partial charge is 0.129 e. The summed E-state index contributed by atoms with van der Waals surface area (Å²) in [6.45, 7) is 1.56. The molecule has 1 aromatic rings. The summed E-state index contributed by atoms with van der Waals surface area (Å²) in [6.07, 6.45) is 1.18. The first kappa shape index (κ1) is 9.55. The molecule has 0 aromatic heterocycles. The van der Waals surface area contributed by atoms with Crippen molar-refractivity contribution in [3.8, 4) is 0 Å². The molecule has 66 valence electrons. The third kappa shape index (κ3) is 1.99. The van der Waals surface area contributed by atoms with Crippen molar-refractivity contribution in [2.45, 2.75) is 17.9 Å². The Labute approximate surface area is 75.6 Å². The molecule has 0 radical (unpaired) electrons. The van der Waals surface area contributed by atoms with Crippen LogP contribution in [0.2, 0.25) is 0 Å². The Hall–Kier alpha value is -0.540. The highest BCUT2D eigenvalue weighted by molar-refractivity contribution is 7.98. The van der Waals surface area contributed by atoms with Crippen molar-refractivity contribution in [2.75, 3.05) is 6.26 Å². The van der Waals surface area contributed by atoms with Crippen LogP contribution in [0.15, 0.2) is 23.1 Å². The van der Waals surface area contributed by atoms with E-state index in [1.807, 2.05) is 6.26 Å². The highest BCUT2D eigenvalue weighted by Crippen LogP contribution is 2.22. The third-order valence-corrected chi connectivity index (χ3v) is 2.38. The summed E-state index contributed by atoms with van der Waals surface area (Å²) in [5.74, 6) is -0.345. The van der Waals surface area contributed by atoms with Gasteiger partial charge in [-0.25, -0.2) is 4.39 Å². The molecule has 1 aromatic carbocycles. The van der Waals surface area contributed by atoms with E-state index in [-0.39, 0.29) is 5.82 Å². The SMILES string of the molecule is CSc1ccc(F)c(C(C)O)c1. The minimum atomic E-state index is -0.739. The van der Waals surface area contributed by atoms with Crippen molar-refractivity contribution < 1.29 is 9.50 Å². The fourth-order valence-electron chi connectivity index (χ4n) is 0.969. The molecule has 0 saturated heterocycles. The fourth-order valence-corrected chi connectivity index (χ4v) is 1.42. The molecule has 0 aliphatic heterocycles. The van der Waals surface area contributed by atoms with Crippen LogP contribution in [0.3, 0.4) is 0 Å². The Balaban J connectivity index is 3.08. The topological polar surface area (TPSA) is 20.2 Å². The van der Waals surface area contributed by atoms with Crippen molar-refractivity contribution in [3.05, 3.63) is 29.6 Å². The van der Waals surface area contributed by atoms with Gasteiger partial charge in [0, 0.05) is 10.5 Å². The number of thioether (sulfide) groups is 1. The van der Waals surface area contributed by atoms with Crippen molar-refractivity contribution in [2.24, 2.45) is 0 Å². The van der Waals surface area contributed by atoms with E-state index in [9.17, 15) is 9.50 Å². The van der Waals surface area contributed by atoms with E-state index in [4.69, 9.17) is 0 Å². The number of rotatable bonds is 2.